The maximum atomic E-state index is 12.3. The summed E-state index contributed by atoms with van der Waals surface area (Å²) >= 11 is 0. The van der Waals surface area contributed by atoms with Gasteiger partial charge in [-0.05, 0) is 19.1 Å². The van der Waals surface area contributed by atoms with Gasteiger partial charge in [0.2, 0.25) is 0 Å². The molecule has 2 rings (SSSR count). The van der Waals surface area contributed by atoms with Gasteiger partial charge in [-0.3, -0.25) is 4.79 Å². The van der Waals surface area contributed by atoms with Crippen LogP contribution in [0.15, 0.2) is 23.3 Å². The number of H-pyrrole nitrogens is 1. The molecule has 1 aromatic carbocycles. The smallest absolute Gasteiger partial charge is 0.391 e. The van der Waals surface area contributed by atoms with Crippen LogP contribution in [0.25, 0.3) is 10.9 Å². The number of aromatic nitrogens is 2. The molecule has 0 aliphatic carbocycles. The quantitative estimate of drug-likeness (QED) is 0.756. The number of halogens is 3. The Labute approximate surface area is 112 Å². The average Bonchev–Trinajstić information content (AvgIpc) is 2.29. The van der Waals surface area contributed by atoms with Crippen LogP contribution in [0, 0.1) is 0 Å². The minimum absolute atomic E-state index is 0.199. The number of nitrogens with zero attached hydrogens (tertiary/aromatic N) is 1. The predicted octanol–water partition coefficient (Wildman–Crippen LogP) is 2.26. The second-order valence-electron chi connectivity index (χ2n) is 4.55. The van der Waals surface area contributed by atoms with Gasteiger partial charge in [-0.15, -0.1) is 0 Å². The Hall–Kier alpha value is -2.25. The SMILES string of the molecule is CC(CC(F)(F)F)Nc1cc2nc[nH]c(=O)c2cc1N. The Morgan fingerprint density at radius 1 is 1.45 bits per heavy atom. The van der Waals surface area contributed by atoms with Crippen molar-refractivity contribution in [1.29, 1.82) is 0 Å². The number of hydrogen-bond donors (Lipinski definition) is 3. The third-order valence-electron chi connectivity index (χ3n) is 2.75. The van der Waals surface area contributed by atoms with Crippen LogP contribution < -0.4 is 16.6 Å². The molecule has 1 unspecified atom stereocenters. The number of fused-ring (bicyclic) bond motifs is 1. The Morgan fingerprint density at radius 3 is 2.80 bits per heavy atom. The number of benzene rings is 1. The molecule has 0 amide bonds. The first-order valence-electron chi connectivity index (χ1n) is 5.86. The normalized spacial score (nSPS) is 13.4. The Kier molecular flexibility index (Phi) is 3.56. The van der Waals surface area contributed by atoms with E-state index in [-0.39, 0.29) is 11.2 Å². The van der Waals surface area contributed by atoms with Crippen molar-refractivity contribution in [3.63, 3.8) is 0 Å². The summed E-state index contributed by atoms with van der Waals surface area (Å²) < 4.78 is 36.9. The molecular weight excluding hydrogens is 273 g/mol. The van der Waals surface area contributed by atoms with E-state index in [9.17, 15) is 18.0 Å². The molecule has 1 aromatic heterocycles. The van der Waals surface area contributed by atoms with Gasteiger partial charge in [0.05, 0.1) is 35.0 Å². The number of rotatable bonds is 3. The van der Waals surface area contributed by atoms with Crippen molar-refractivity contribution in [3.05, 3.63) is 28.8 Å². The molecule has 4 N–H and O–H groups in total. The standard InChI is InChI=1S/C12H13F3N4O/c1-6(4-12(13,14)15)19-10-3-9-7(2-8(10)16)11(20)18-5-17-9/h2-3,5-6,19H,4,16H2,1H3,(H,17,18,20). The largest absolute Gasteiger partial charge is 0.397 e. The van der Waals surface area contributed by atoms with Gasteiger partial charge < -0.3 is 16.0 Å². The van der Waals surface area contributed by atoms with E-state index in [1.165, 1.54) is 25.4 Å². The summed E-state index contributed by atoms with van der Waals surface area (Å²) in [7, 11) is 0. The van der Waals surface area contributed by atoms with Crippen LogP contribution in [-0.4, -0.2) is 22.2 Å². The summed E-state index contributed by atoms with van der Waals surface area (Å²) in [4.78, 5) is 17.9. The van der Waals surface area contributed by atoms with E-state index in [0.717, 1.165) is 0 Å². The summed E-state index contributed by atoms with van der Waals surface area (Å²) in [5.74, 6) is 0. The number of alkyl halides is 3. The van der Waals surface area contributed by atoms with E-state index >= 15 is 0 Å². The van der Waals surface area contributed by atoms with Gasteiger partial charge in [0.15, 0.2) is 0 Å². The zero-order valence-corrected chi connectivity index (χ0v) is 10.6. The van der Waals surface area contributed by atoms with E-state index in [1.54, 1.807) is 0 Å². The van der Waals surface area contributed by atoms with E-state index in [2.05, 4.69) is 15.3 Å². The van der Waals surface area contributed by atoms with Crippen molar-refractivity contribution in [2.75, 3.05) is 11.1 Å². The summed E-state index contributed by atoms with van der Waals surface area (Å²) in [6.45, 7) is 1.41. The zero-order valence-electron chi connectivity index (χ0n) is 10.6. The number of hydrogen-bond acceptors (Lipinski definition) is 4. The van der Waals surface area contributed by atoms with Crippen LogP contribution in [0.4, 0.5) is 24.5 Å². The van der Waals surface area contributed by atoms with Crippen molar-refractivity contribution in [3.8, 4) is 0 Å². The molecule has 1 heterocycles. The number of nitrogen functional groups attached to an aromatic ring is 1. The van der Waals surface area contributed by atoms with Gasteiger partial charge in [-0.1, -0.05) is 0 Å². The molecule has 0 saturated carbocycles. The van der Waals surface area contributed by atoms with Crippen molar-refractivity contribution < 1.29 is 13.2 Å². The minimum Gasteiger partial charge on any atom is -0.397 e. The molecule has 1 atom stereocenters. The Balaban J connectivity index is 2.31. The number of aromatic amines is 1. The second-order valence-corrected chi connectivity index (χ2v) is 4.55. The molecule has 20 heavy (non-hydrogen) atoms. The molecule has 8 heteroatoms. The summed E-state index contributed by atoms with van der Waals surface area (Å²) in [6.07, 6.45) is -4.01. The van der Waals surface area contributed by atoms with Crippen molar-refractivity contribution in [1.82, 2.24) is 9.97 Å². The predicted molar refractivity (Wildman–Crippen MR) is 70.5 cm³/mol. The molecule has 5 nitrogen and oxygen atoms in total. The summed E-state index contributed by atoms with van der Waals surface area (Å²) in [5, 5.41) is 2.97. The van der Waals surface area contributed by atoms with Crippen molar-refractivity contribution in [2.24, 2.45) is 0 Å². The molecule has 0 aliphatic heterocycles. The van der Waals surface area contributed by atoms with E-state index in [4.69, 9.17) is 5.73 Å². The highest BCUT2D eigenvalue weighted by molar-refractivity contribution is 5.88. The monoisotopic (exact) mass is 286 g/mol. The third kappa shape index (κ3) is 3.19. The molecule has 0 saturated heterocycles. The van der Waals surface area contributed by atoms with Crippen LogP contribution in [0.5, 0.6) is 0 Å². The average molecular weight is 286 g/mol. The zero-order chi connectivity index (χ0) is 14.9. The molecular formula is C12H13F3N4O. The van der Waals surface area contributed by atoms with Gasteiger partial charge >= 0.3 is 6.18 Å². The lowest BCUT2D eigenvalue weighted by molar-refractivity contribution is -0.136. The van der Waals surface area contributed by atoms with Crippen LogP contribution >= 0.6 is 0 Å². The van der Waals surface area contributed by atoms with Gasteiger partial charge in [-0.25, -0.2) is 4.98 Å². The van der Waals surface area contributed by atoms with E-state index < -0.39 is 18.6 Å². The summed E-state index contributed by atoms with van der Waals surface area (Å²) in [5.41, 5.74) is 6.28. The lowest BCUT2D eigenvalue weighted by Crippen LogP contribution is -2.24. The fourth-order valence-electron chi connectivity index (χ4n) is 1.92. The van der Waals surface area contributed by atoms with Gasteiger partial charge in [0, 0.05) is 6.04 Å². The lowest BCUT2D eigenvalue weighted by Gasteiger charge is -2.18. The van der Waals surface area contributed by atoms with Crippen molar-refractivity contribution in [2.45, 2.75) is 25.6 Å². The number of nitrogens with two attached hydrogens (primary N) is 1. The Bertz CT molecular complexity index is 680. The molecule has 0 aliphatic rings. The second kappa shape index (κ2) is 5.03. The highest BCUT2D eigenvalue weighted by Gasteiger charge is 2.30. The van der Waals surface area contributed by atoms with Gasteiger partial charge in [0.25, 0.3) is 5.56 Å². The van der Waals surface area contributed by atoms with Crippen LogP contribution in [0.1, 0.15) is 13.3 Å². The fourth-order valence-corrected chi connectivity index (χ4v) is 1.92. The minimum atomic E-state index is -4.26. The maximum Gasteiger partial charge on any atom is 0.391 e. The van der Waals surface area contributed by atoms with E-state index in [1.807, 2.05) is 0 Å². The third-order valence-corrected chi connectivity index (χ3v) is 2.75. The van der Waals surface area contributed by atoms with E-state index in [0.29, 0.717) is 16.6 Å². The molecule has 0 spiro atoms. The topological polar surface area (TPSA) is 83.8 Å². The van der Waals surface area contributed by atoms with Crippen LogP contribution in [-0.2, 0) is 0 Å². The van der Waals surface area contributed by atoms with Gasteiger partial charge in [-0.2, -0.15) is 13.2 Å². The highest BCUT2D eigenvalue weighted by Crippen LogP contribution is 2.27. The van der Waals surface area contributed by atoms with Gasteiger partial charge in [0.1, 0.15) is 0 Å². The summed E-state index contributed by atoms with van der Waals surface area (Å²) in [6, 6.07) is 2.02. The molecule has 2 aromatic rings. The fraction of sp³-hybridized carbons (Fsp3) is 0.333. The number of anilines is 2. The molecule has 0 fully saturated rings. The number of nitrogens with one attached hydrogen (secondary N) is 2. The lowest BCUT2D eigenvalue weighted by atomic mass is 10.1. The first kappa shape index (κ1) is 14.2. The molecule has 108 valence electrons. The molecule has 0 radical (unpaired) electrons. The highest BCUT2D eigenvalue weighted by atomic mass is 19.4. The molecule has 0 bridgehead atoms. The van der Waals surface area contributed by atoms with Crippen LogP contribution in [0.2, 0.25) is 0 Å². The first-order chi connectivity index (χ1) is 9.26. The van der Waals surface area contributed by atoms with Crippen molar-refractivity contribution >= 4 is 22.3 Å². The van der Waals surface area contributed by atoms with Crippen LogP contribution in [0.3, 0.4) is 0 Å². The first-order valence-corrected chi connectivity index (χ1v) is 5.86. The maximum absolute atomic E-state index is 12.3. The Morgan fingerprint density at radius 2 is 2.15 bits per heavy atom.